The van der Waals surface area contributed by atoms with Crippen LogP contribution < -0.4 is 5.32 Å². The van der Waals surface area contributed by atoms with Crippen LogP contribution in [-0.2, 0) is 13.0 Å². The maximum Gasteiger partial charge on any atom is 0.106 e. The predicted molar refractivity (Wildman–Crippen MR) is 75.2 cm³/mol. The van der Waals surface area contributed by atoms with Gasteiger partial charge in [0.05, 0.1) is 11.7 Å². The standard InChI is InChI=1S/C15H24N4/c1-11-17-12-10-16-7-5-13(12)19(11)15-6-9-18-8-3-2-4-14(15)18/h14-16H,2-10H2,1H3. The van der Waals surface area contributed by atoms with Crippen molar-refractivity contribution in [3.8, 4) is 0 Å². The van der Waals surface area contributed by atoms with Crippen LogP contribution in [0.2, 0.25) is 0 Å². The Morgan fingerprint density at radius 1 is 1.16 bits per heavy atom. The zero-order valence-electron chi connectivity index (χ0n) is 11.9. The third-order valence-corrected chi connectivity index (χ3v) is 5.25. The molecular weight excluding hydrogens is 236 g/mol. The largest absolute Gasteiger partial charge is 0.327 e. The fourth-order valence-corrected chi connectivity index (χ4v) is 4.43. The Balaban J connectivity index is 1.70. The fraction of sp³-hybridized carbons (Fsp3) is 0.800. The van der Waals surface area contributed by atoms with Crippen molar-refractivity contribution in [3.63, 3.8) is 0 Å². The van der Waals surface area contributed by atoms with E-state index in [1.54, 1.807) is 0 Å². The Bertz CT molecular complexity index is 479. The monoisotopic (exact) mass is 260 g/mol. The first-order chi connectivity index (χ1) is 9.34. The summed E-state index contributed by atoms with van der Waals surface area (Å²) in [5.74, 6) is 1.24. The molecule has 0 radical (unpaired) electrons. The number of nitrogens with one attached hydrogen (secondary N) is 1. The molecule has 19 heavy (non-hydrogen) atoms. The summed E-state index contributed by atoms with van der Waals surface area (Å²) >= 11 is 0. The van der Waals surface area contributed by atoms with Crippen molar-refractivity contribution in [3.05, 3.63) is 17.2 Å². The van der Waals surface area contributed by atoms with Crippen molar-refractivity contribution >= 4 is 0 Å². The highest BCUT2D eigenvalue weighted by atomic mass is 15.3. The molecule has 104 valence electrons. The summed E-state index contributed by atoms with van der Waals surface area (Å²) in [5, 5.41) is 3.44. The number of hydrogen-bond acceptors (Lipinski definition) is 3. The zero-order chi connectivity index (χ0) is 12.8. The second-order valence-corrected chi connectivity index (χ2v) is 6.30. The van der Waals surface area contributed by atoms with Crippen molar-refractivity contribution in [1.29, 1.82) is 0 Å². The second-order valence-electron chi connectivity index (χ2n) is 6.30. The first kappa shape index (κ1) is 11.9. The SMILES string of the molecule is Cc1nc2c(n1C1CCN3CCCCC13)CCNC2. The van der Waals surface area contributed by atoms with E-state index < -0.39 is 0 Å². The molecule has 0 aliphatic carbocycles. The number of nitrogens with zero attached hydrogens (tertiary/aromatic N) is 3. The molecule has 3 aliphatic heterocycles. The summed E-state index contributed by atoms with van der Waals surface area (Å²) in [4.78, 5) is 7.54. The Morgan fingerprint density at radius 3 is 3.05 bits per heavy atom. The van der Waals surface area contributed by atoms with Crippen LogP contribution in [0, 0.1) is 6.92 Å². The van der Waals surface area contributed by atoms with Crippen LogP contribution in [0.1, 0.15) is 48.9 Å². The minimum Gasteiger partial charge on any atom is -0.327 e. The molecule has 1 N–H and O–H groups in total. The third-order valence-electron chi connectivity index (χ3n) is 5.25. The number of aryl methyl sites for hydroxylation is 1. The number of piperidine rings is 1. The zero-order valence-corrected chi connectivity index (χ0v) is 11.9. The van der Waals surface area contributed by atoms with Gasteiger partial charge in [0, 0.05) is 37.8 Å². The average molecular weight is 260 g/mol. The minimum atomic E-state index is 0.689. The fourth-order valence-electron chi connectivity index (χ4n) is 4.43. The third kappa shape index (κ3) is 1.84. The van der Waals surface area contributed by atoms with Crippen LogP contribution in [0.5, 0.6) is 0 Å². The highest BCUT2D eigenvalue weighted by Crippen LogP contribution is 2.37. The molecule has 4 rings (SSSR count). The molecule has 0 saturated carbocycles. The molecule has 3 aliphatic rings. The predicted octanol–water partition coefficient (Wildman–Crippen LogP) is 1.64. The minimum absolute atomic E-state index is 0.689. The maximum atomic E-state index is 4.82. The van der Waals surface area contributed by atoms with E-state index in [0.717, 1.165) is 25.6 Å². The van der Waals surface area contributed by atoms with E-state index in [2.05, 4.69) is 21.7 Å². The summed E-state index contributed by atoms with van der Waals surface area (Å²) in [7, 11) is 0. The summed E-state index contributed by atoms with van der Waals surface area (Å²) in [6.07, 6.45) is 6.67. The Hall–Kier alpha value is -0.870. The summed E-state index contributed by atoms with van der Waals surface area (Å²) in [6, 6.07) is 1.47. The molecule has 4 heteroatoms. The summed E-state index contributed by atoms with van der Waals surface area (Å²) < 4.78 is 2.60. The highest BCUT2D eigenvalue weighted by molar-refractivity contribution is 5.22. The van der Waals surface area contributed by atoms with Gasteiger partial charge in [-0.1, -0.05) is 6.42 Å². The molecule has 1 aromatic heterocycles. The first-order valence-electron chi connectivity index (χ1n) is 7.86. The van der Waals surface area contributed by atoms with Gasteiger partial charge in [-0.15, -0.1) is 0 Å². The lowest BCUT2D eigenvalue weighted by atomic mass is 9.98. The van der Waals surface area contributed by atoms with Crippen molar-refractivity contribution in [2.45, 2.75) is 57.7 Å². The molecule has 4 heterocycles. The number of imidazole rings is 1. The second kappa shape index (κ2) is 4.60. The molecule has 2 unspecified atom stereocenters. The van der Waals surface area contributed by atoms with E-state index in [1.807, 2.05) is 0 Å². The van der Waals surface area contributed by atoms with Crippen LogP contribution in [0.15, 0.2) is 0 Å². The molecule has 0 aromatic carbocycles. The Morgan fingerprint density at radius 2 is 2.11 bits per heavy atom. The lowest BCUT2D eigenvalue weighted by Crippen LogP contribution is -2.38. The smallest absolute Gasteiger partial charge is 0.106 e. The van der Waals surface area contributed by atoms with Crippen molar-refractivity contribution in [1.82, 2.24) is 19.8 Å². The van der Waals surface area contributed by atoms with Gasteiger partial charge in [0.2, 0.25) is 0 Å². The van der Waals surface area contributed by atoms with Crippen LogP contribution in [0.4, 0.5) is 0 Å². The van der Waals surface area contributed by atoms with Crippen LogP contribution in [0.25, 0.3) is 0 Å². The molecule has 2 fully saturated rings. The van der Waals surface area contributed by atoms with Crippen molar-refractivity contribution < 1.29 is 0 Å². The van der Waals surface area contributed by atoms with E-state index >= 15 is 0 Å². The number of rotatable bonds is 1. The maximum absolute atomic E-state index is 4.82. The molecular formula is C15H24N4. The van der Waals surface area contributed by atoms with E-state index in [1.165, 1.54) is 56.0 Å². The van der Waals surface area contributed by atoms with E-state index in [9.17, 15) is 0 Å². The van der Waals surface area contributed by atoms with E-state index in [-0.39, 0.29) is 0 Å². The van der Waals surface area contributed by atoms with Crippen LogP contribution >= 0.6 is 0 Å². The van der Waals surface area contributed by atoms with Crippen LogP contribution in [0.3, 0.4) is 0 Å². The topological polar surface area (TPSA) is 33.1 Å². The Labute approximate surface area is 115 Å². The van der Waals surface area contributed by atoms with Gasteiger partial charge >= 0.3 is 0 Å². The van der Waals surface area contributed by atoms with E-state index in [4.69, 9.17) is 4.98 Å². The van der Waals surface area contributed by atoms with Gasteiger partial charge in [0.25, 0.3) is 0 Å². The van der Waals surface area contributed by atoms with Gasteiger partial charge in [-0.05, 0) is 32.7 Å². The highest BCUT2D eigenvalue weighted by Gasteiger charge is 2.38. The molecule has 2 atom stereocenters. The number of hydrogen-bond donors (Lipinski definition) is 1. The number of aromatic nitrogens is 2. The van der Waals surface area contributed by atoms with Gasteiger partial charge in [0.15, 0.2) is 0 Å². The molecule has 0 spiro atoms. The quantitative estimate of drug-likeness (QED) is 0.833. The molecule has 0 amide bonds. The lowest BCUT2D eigenvalue weighted by Gasteiger charge is -2.34. The Kier molecular flexibility index (Phi) is 2.88. The van der Waals surface area contributed by atoms with E-state index in [0.29, 0.717) is 6.04 Å². The first-order valence-corrected chi connectivity index (χ1v) is 7.86. The van der Waals surface area contributed by atoms with Crippen molar-refractivity contribution in [2.24, 2.45) is 0 Å². The molecule has 4 nitrogen and oxygen atoms in total. The summed E-state index contributed by atoms with van der Waals surface area (Å²) in [5.41, 5.74) is 2.83. The van der Waals surface area contributed by atoms with Gasteiger partial charge in [-0.3, -0.25) is 4.90 Å². The van der Waals surface area contributed by atoms with Gasteiger partial charge in [-0.25, -0.2) is 4.98 Å². The van der Waals surface area contributed by atoms with Crippen LogP contribution in [-0.4, -0.2) is 40.1 Å². The normalized spacial score (nSPS) is 31.2. The van der Waals surface area contributed by atoms with Gasteiger partial charge < -0.3 is 9.88 Å². The van der Waals surface area contributed by atoms with Gasteiger partial charge in [-0.2, -0.15) is 0 Å². The lowest BCUT2D eigenvalue weighted by molar-refractivity contribution is 0.171. The van der Waals surface area contributed by atoms with Crippen molar-refractivity contribution in [2.75, 3.05) is 19.6 Å². The molecule has 2 saturated heterocycles. The number of fused-ring (bicyclic) bond motifs is 2. The average Bonchev–Trinajstić information content (AvgIpc) is 2.98. The summed E-state index contributed by atoms with van der Waals surface area (Å²) in [6.45, 7) is 6.88. The van der Waals surface area contributed by atoms with Gasteiger partial charge in [0.1, 0.15) is 5.82 Å². The molecule has 0 bridgehead atoms. The molecule has 1 aromatic rings.